The second-order valence-electron chi connectivity index (χ2n) is 5.35. The molecule has 0 saturated heterocycles. The Kier molecular flexibility index (Phi) is 3.05. The molecule has 1 aliphatic carbocycles. The van der Waals surface area contributed by atoms with Crippen LogP contribution < -0.4 is 5.32 Å². The first-order chi connectivity index (χ1) is 7.96. The van der Waals surface area contributed by atoms with E-state index in [2.05, 4.69) is 10.3 Å². The molecule has 0 aliphatic heterocycles. The lowest BCUT2D eigenvalue weighted by Crippen LogP contribution is -2.34. The number of pyridine rings is 1. The SMILES string of the molecule is CC(C)(C)OC(=O)NC1CC1c1ccccn1. The summed E-state index contributed by atoms with van der Waals surface area (Å²) < 4.78 is 5.20. The predicted molar refractivity (Wildman–Crippen MR) is 64.8 cm³/mol. The Bertz CT molecular complexity index is 398. The number of aromatic nitrogens is 1. The Morgan fingerprint density at radius 3 is 2.82 bits per heavy atom. The number of hydrogen-bond acceptors (Lipinski definition) is 3. The molecule has 17 heavy (non-hydrogen) atoms. The maximum atomic E-state index is 11.5. The van der Waals surface area contributed by atoms with Crippen molar-refractivity contribution in [2.75, 3.05) is 0 Å². The van der Waals surface area contributed by atoms with E-state index >= 15 is 0 Å². The van der Waals surface area contributed by atoms with Crippen LogP contribution in [0.15, 0.2) is 24.4 Å². The van der Waals surface area contributed by atoms with Crippen molar-refractivity contribution >= 4 is 6.09 Å². The highest BCUT2D eigenvalue weighted by Crippen LogP contribution is 2.39. The second-order valence-corrected chi connectivity index (χ2v) is 5.35. The molecule has 1 saturated carbocycles. The molecule has 4 heteroatoms. The molecule has 1 aromatic rings. The molecule has 1 aliphatic rings. The lowest BCUT2D eigenvalue weighted by molar-refractivity contribution is 0.0523. The first-order valence-corrected chi connectivity index (χ1v) is 5.86. The number of alkyl carbamates (subject to hydrolysis) is 1. The smallest absolute Gasteiger partial charge is 0.407 e. The third-order valence-electron chi connectivity index (χ3n) is 2.56. The van der Waals surface area contributed by atoms with Crippen LogP contribution in [0.5, 0.6) is 0 Å². The van der Waals surface area contributed by atoms with Gasteiger partial charge in [-0.25, -0.2) is 4.79 Å². The maximum absolute atomic E-state index is 11.5. The number of carbonyl (C=O) groups is 1. The fraction of sp³-hybridized carbons (Fsp3) is 0.538. The van der Waals surface area contributed by atoms with Gasteiger partial charge in [0.1, 0.15) is 5.60 Å². The van der Waals surface area contributed by atoms with Crippen LogP contribution in [-0.2, 0) is 4.74 Å². The number of carbonyl (C=O) groups excluding carboxylic acids is 1. The summed E-state index contributed by atoms with van der Waals surface area (Å²) in [5.41, 5.74) is 0.591. The Labute approximate surface area is 101 Å². The monoisotopic (exact) mass is 234 g/mol. The average Bonchev–Trinajstić information content (AvgIpc) is 2.95. The molecule has 0 radical (unpaired) electrons. The minimum atomic E-state index is -0.445. The summed E-state index contributed by atoms with van der Waals surface area (Å²) in [6, 6.07) is 6.01. The molecule has 2 unspecified atom stereocenters. The Balaban J connectivity index is 1.83. The van der Waals surface area contributed by atoms with Crippen molar-refractivity contribution in [2.45, 2.75) is 44.8 Å². The third-order valence-corrected chi connectivity index (χ3v) is 2.56. The lowest BCUT2D eigenvalue weighted by atomic mass is 10.2. The number of rotatable bonds is 2. The summed E-state index contributed by atoms with van der Waals surface area (Å²) in [7, 11) is 0. The zero-order valence-corrected chi connectivity index (χ0v) is 10.4. The normalized spacial score (nSPS) is 23.0. The van der Waals surface area contributed by atoms with E-state index in [4.69, 9.17) is 4.74 Å². The summed E-state index contributed by atoms with van der Waals surface area (Å²) in [5, 5.41) is 2.86. The molecule has 2 atom stereocenters. The molecule has 92 valence electrons. The van der Waals surface area contributed by atoms with Crippen molar-refractivity contribution in [2.24, 2.45) is 0 Å². The largest absolute Gasteiger partial charge is 0.444 e. The van der Waals surface area contributed by atoms with Crippen LogP contribution in [0.3, 0.4) is 0 Å². The molecule has 4 nitrogen and oxygen atoms in total. The molecule has 0 aromatic carbocycles. The summed E-state index contributed by atoms with van der Waals surface area (Å²) in [4.78, 5) is 15.8. The highest BCUT2D eigenvalue weighted by molar-refractivity contribution is 5.69. The summed E-state index contributed by atoms with van der Waals surface area (Å²) in [5.74, 6) is 0.337. The number of nitrogens with one attached hydrogen (secondary N) is 1. The van der Waals surface area contributed by atoms with Gasteiger partial charge in [0.2, 0.25) is 0 Å². The van der Waals surface area contributed by atoms with Gasteiger partial charge in [-0.15, -0.1) is 0 Å². The quantitative estimate of drug-likeness (QED) is 0.855. The van der Waals surface area contributed by atoms with Gasteiger partial charge in [0.25, 0.3) is 0 Å². The van der Waals surface area contributed by atoms with Gasteiger partial charge < -0.3 is 10.1 Å². The van der Waals surface area contributed by atoms with Gasteiger partial charge in [0, 0.05) is 23.9 Å². The van der Waals surface area contributed by atoms with Crippen LogP contribution in [0.4, 0.5) is 4.79 Å². The number of amides is 1. The molecule has 0 spiro atoms. The minimum Gasteiger partial charge on any atom is -0.444 e. The van der Waals surface area contributed by atoms with E-state index in [0.717, 1.165) is 12.1 Å². The van der Waals surface area contributed by atoms with Gasteiger partial charge in [-0.3, -0.25) is 4.98 Å². The van der Waals surface area contributed by atoms with Gasteiger partial charge in [-0.05, 0) is 39.3 Å². The van der Waals surface area contributed by atoms with Crippen LogP contribution in [0, 0.1) is 0 Å². The van der Waals surface area contributed by atoms with E-state index in [1.54, 1.807) is 6.20 Å². The number of ether oxygens (including phenoxy) is 1. The molecule has 1 aromatic heterocycles. The highest BCUT2D eigenvalue weighted by atomic mass is 16.6. The van der Waals surface area contributed by atoms with E-state index in [1.807, 2.05) is 39.0 Å². The highest BCUT2D eigenvalue weighted by Gasteiger charge is 2.41. The molecule has 0 bridgehead atoms. The van der Waals surface area contributed by atoms with Crippen molar-refractivity contribution in [1.82, 2.24) is 10.3 Å². The van der Waals surface area contributed by atoms with Crippen LogP contribution in [0.1, 0.15) is 38.8 Å². The number of nitrogens with zero attached hydrogens (tertiary/aromatic N) is 1. The predicted octanol–water partition coefficient (Wildman–Crippen LogP) is 2.46. The van der Waals surface area contributed by atoms with Crippen LogP contribution in [-0.4, -0.2) is 22.7 Å². The standard InChI is InChI=1S/C13H18N2O2/c1-13(2,3)17-12(16)15-11-8-9(11)10-6-4-5-7-14-10/h4-7,9,11H,8H2,1-3H3,(H,15,16). The van der Waals surface area contributed by atoms with Gasteiger partial charge in [-0.1, -0.05) is 6.07 Å². The minimum absolute atomic E-state index is 0.166. The van der Waals surface area contributed by atoms with Crippen molar-refractivity contribution in [3.8, 4) is 0 Å². The molecule has 2 rings (SSSR count). The first-order valence-electron chi connectivity index (χ1n) is 5.86. The van der Waals surface area contributed by atoms with Crippen LogP contribution >= 0.6 is 0 Å². The van der Waals surface area contributed by atoms with E-state index < -0.39 is 5.60 Å². The van der Waals surface area contributed by atoms with E-state index in [-0.39, 0.29) is 12.1 Å². The Hall–Kier alpha value is -1.58. The molecule has 1 N–H and O–H groups in total. The molecule has 1 fully saturated rings. The Morgan fingerprint density at radius 1 is 1.47 bits per heavy atom. The zero-order valence-electron chi connectivity index (χ0n) is 10.4. The average molecular weight is 234 g/mol. The lowest BCUT2D eigenvalue weighted by Gasteiger charge is -2.19. The zero-order chi connectivity index (χ0) is 12.5. The van der Waals surface area contributed by atoms with Crippen molar-refractivity contribution < 1.29 is 9.53 Å². The van der Waals surface area contributed by atoms with Gasteiger partial charge in [0.05, 0.1) is 0 Å². The third kappa shape index (κ3) is 3.44. The van der Waals surface area contributed by atoms with Crippen LogP contribution in [0.25, 0.3) is 0 Å². The molecule has 1 heterocycles. The van der Waals surface area contributed by atoms with Gasteiger partial charge in [0.15, 0.2) is 0 Å². The first kappa shape index (κ1) is 11.9. The van der Waals surface area contributed by atoms with Crippen molar-refractivity contribution in [3.05, 3.63) is 30.1 Å². The fourth-order valence-electron chi connectivity index (χ4n) is 1.74. The van der Waals surface area contributed by atoms with Gasteiger partial charge in [-0.2, -0.15) is 0 Å². The van der Waals surface area contributed by atoms with E-state index in [0.29, 0.717) is 5.92 Å². The Morgan fingerprint density at radius 2 is 2.24 bits per heavy atom. The number of hydrogen-bond donors (Lipinski definition) is 1. The molecular formula is C13H18N2O2. The maximum Gasteiger partial charge on any atom is 0.407 e. The van der Waals surface area contributed by atoms with Crippen molar-refractivity contribution in [3.63, 3.8) is 0 Å². The summed E-state index contributed by atoms with van der Waals surface area (Å²) in [6.45, 7) is 5.57. The molecule has 1 amide bonds. The fourth-order valence-corrected chi connectivity index (χ4v) is 1.74. The second kappa shape index (κ2) is 4.35. The van der Waals surface area contributed by atoms with Crippen molar-refractivity contribution in [1.29, 1.82) is 0 Å². The topological polar surface area (TPSA) is 51.2 Å². The summed E-state index contributed by atoms with van der Waals surface area (Å²) in [6.07, 6.45) is 2.37. The molecular weight excluding hydrogens is 216 g/mol. The van der Waals surface area contributed by atoms with Crippen LogP contribution in [0.2, 0.25) is 0 Å². The van der Waals surface area contributed by atoms with E-state index in [1.165, 1.54) is 0 Å². The van der Waals surface area contributed by atoms with E-state index in [9.17, 15) is 4.79 Å². The van der Waals surface area contributed by atoms with Gasteiger partial charge >= 0.3 is 6.09 Å². The summed E-state index contributed by atoms with van der Waals surface area (Å²) >= 11 is 0.